The summed E-state index contributed by atoms with van der Waals surface area (Å²) in [6.07, 6.45) is 2.53. The Morgan fingerprint density at radius 3 is 2.05 bits per heavy atom. The Morgan fingerprint density at radius 2 is 1.57 bits per heavy atom. The lowest BCUT2D eigenvalue weighted by Gasteiger charge is -2.40. The minimum Gasteiger partial charge on any atom is -0.343 e. The molecule has 2 saturated heterocycles. The molecule has 21 heavy (non-hydrogen) atoms. The Labute approximate surface area is 128 Å². The standard InChI is InChI=1S/C15H28N2O3S/c1-15(2,3)12-14(18)17-6-4-13(5-7-17)16-8-10-21(19,20)11-9-16/h13H,4-12H2,1-3H3. The highest BCUT2D eigenvalue weighted by atomic mass is 32.2. The highest BCUT2D eigenvalue weighted by Crippen LogP contribution is 2.23. The van der Waals surface area contributed by atoms with E-state index in [9.17, 15) is 13.2 Å². The van der Waals surface area contributed by atoms with Crippen LogP contribution in [0.2, 0.25) is 0 Å². The average Bonchev–Trinajstić information content (AvgIpc) is 2.37. The third-order valence-corrected chi connectivity index (χ3v) is 6.00. The molecule has 0 radical (unpaired) electrons. The zero-order chi connectivity index (χ0) is 15.7. The summed E-state index contributed by atoms with van der Waals surface area (Å²) < 4.78 is 22.9. The van der Waals surface area contributed by atoms with Gasteiger partial charge in [0.15, 0.2) is 9.84 Å². The summed E-state index contributed by atoms with van der Waals surface area (Å²) in [5.74, 6) is 0.828. The van der Waals surface area contributed by atoms with Crippen LogP contribution in [0, 0.1) is 5.41 Å². The molecule has 2 rings (SSSR count). The van der Waals surface area contributed by atoms with Crippen LogP contribution in [0.25, 0.3) is 0 Å². The van der Waals surface area contributed by atoms with Crippen molar-refractivity contribution in [2.75, 3.05) is 37.7 Å². The number of sulfone groups is 1. The monoisotopic (exact) mass is 316 g/mol. The van der Waals surface area contributed by atoms with E-state index in [1.54, 1.807) is 0 Å². The summed E-state index contributed by atoms with van der Waals surface area (Å²) in [7, 11) is -2.81. The number of piperidine rings is 1. The van der Waals surface area contributed by atoms with E-state index in [1.807, 2.05) is 4.90 Å². The second kappa shape index (κ2) is 6.24. The van der Waals surface area contributed by atoms with Crippen molar-refractivity contribution in [3.05, 3.63) is 0 Å². The molecule has 2 heterocycles. The SMILES string of the molecule is CC(C)(C)CC(=O)N1CCC(N2CCS(=O)(=O)CC2)CC1. The number of hydrogen-bond acceptors (Lipinski definition) is 4. The maximum Gasteiger partial charge on any atom is 0.223 e. The molecule has 122 valence electrons. The van der Waals surface area contributed by atoms with Crippen molar-refractivity contribution in [3.63, 3.8) is 0 Å². The molecule has 0 atom stereocenters. The largest absolute Gasteiger partial charge is 0.343 e. The van der Waals surface area contributed by atoms with Crippen molar-refractivity contribution in [1.29, 1.82) is 0 Å². The van der Waals surface area contributed by atoms with E-state index in [-0.39, 0.29) is 22.8 Å². The fraction of sp³-hybridized carbons (Fsp3) is 0.933. The first-order valence-electron chi connectivity index (χ1n) is 7.89. The van der Waals surface area contributed by atoms with E-state index >= 15 is 0 Å². The Kier molecular flexibility index (Phi) is 4.98. The third kappa shape index (κ3) is 4.95. The van der Waals surface area contributed by atoms with Crippen molar-refractivity contribution in [2.24, 2.45) is 5.41 Å². The molecule has 0 bridgehead atoms. The van der Waals surface area contributed by atoms with Crippen molar-refractivity contribution >= 4 is 15.7 Å². The van der Waals surface area contributed by atoms with Gasteiger partial charge in [-0.15, -0.1) is 0 Å². The first-order chi connectivity index (χ1) is 9.66. The molecule has 2 fully saturated rings. The van der Waals surface area contributed by atoms with Crippen molar-refractivity contribution in [2.45, 2.75) is 46.1 Å². The molecule has 0 N–H and O–H groups in total. The molecule has 5 nitrogen and oxygen atoms in total. The zero-order valence-electron chi connectivity index (χ0n) is 13.5. The van der Waals surface area contributed by atoms with Gasteiger partial charge in [-0.05, 0) is 18.3 Å². The van der Waals surface area contributed by atoms with E-state index in [1.165, 1.54) is 0 Å². The molecule has 1 amide bonds. The Balaban J connectivity index is 1.80. The van der Waals surface area contributed by atoms with Crippen LogP contribution in [0.4, 0.5) is 0 Å². The summed E-state index contributed by atoms with van der Waals surface area (Å²) >= 11 is 0. The van der Waals surface area contributed by atoms with Gasteiger partial charge in [-0.1, -0.05) is 20.8 Å². The van der Waals surface area contributed by atoms with E-state index in [0.29, 0.717) is 25.6 Å². The van der Waals surface area contributed by atoms with Crippen LogP contribution >= 0.6 is 0 Å². The van der Waals surface area contributed by atoms with Crippen LogP contribution in [0.5, 0.6) is 0 Å². The number of nitrogens with zero attached hydrogens (tertiary/aromatic N) is 2. The average molecular weight is 316 g/mol. The summed E-state index contributed by atoms with van der Waals surface area (Å²) in [6, 6.07) is 0.444. The number of carbonyl (C=O) groups is 1. The first-order valence-corrected chi connectivity index (χ1v) is 9.71. The lowest BCUT2D eigenvalue weighted by Crippen LogP contribution is -2.51. The van der Waals surface area contributed by atoms with Gasteiger partial charge in [0.05, 0.1) is 11.5 Å². The highest BCUT2D eigenvalue weighted by molar-refractivity contribution is 7.91. The molecule has 0 aromatic carbocycles. The Morgan fingerprint density at radius 1 is 1.05 bits per heavy atom. The van der Waals surface area contributed by atoms with Gasteiger partial charge in [0.25, 0.3) is 0 Å². The van der Waals surface area contributed by atoms with Crippen molar-refractivity contribution < 1.29 is 13.2 Å². The van der Waals surface area contributed by atoms with Gasteiger partial charge in [0, 0.05) is 38.6 Å². The number of rotatable bonds is 2. The third-order valence-electron chi connectivity index (χ3n) is 4.39. The predicted molar refractivity (Wildman–Crippen MR) is 83.9 cm³/mol. The Bertz CT molecular complexity index is 460. The van der Waals surface area contributed by atoms with E-state index < -0.39 is 9.84 Å². The topological polar surface area (TPSA) is 57.7 Å². The zero-order valence-corrected chi connectivity index (χ0v) is 14.3. The summed E-state index contributed by atoms with van der Waals surface area (Å²) in [5.41, 5.74) is 0.0369. The molecule has 0 saturated carbocycles. The minimum atomic E-state index is -2.81. The van der Waals surface area contributed by atoms with E-state index in [0.717, 1.165) is 25.9 Å². The van der Waals surface area contributed by atoms with Crippen LogP contribution in [-0.2, 0) is 14.6 Å². The van der Waals surface area contributed by atoms with E-state index in [4.69, 9.17) is 0 Å². The summed E-state index contributed by atoms with van der Waals surface area (Å²) in [5, 5.41) is 0. The maximum atomic E-state index is 12.2. The van der Waals surface area contributed by atoms with E-state index in [2.05, 4.69) is 25.7 Å². The van der Waals surface area contributed by atoms with Gasteiger partial charge in [0.2, 0.25) is 5.91 Å². The van der Waals surface area contributed by atoms with Gasteiger partial charge >= 0.3 is 0 Å². The van der Waals surface area contributed by atoms with Gasteiger partial charge in [-0.2, -0.15) is 0 Å². The van der Waals surface area contributed by atoms with Gasteiger partial charge in [-0.3, -0.25) is 9.69 Å². The molecular formula is C15H28N2O3S. The molecular weight excluding hydrogens is 288 g/mol. The molecule has 2 aliphatic heterocycles. The second-order valence-electron chi connectivity index (χ2n) is 7.54. The Hall–Kier alpha value is -0.620. The fourth-order valence-corrected chi connectivity index (χ4v) is 4.37. The lowest BCUT2D eigenvalue weighted by molar-refractivity contribution is -0.134. The smallest absolute Gasteiger partial charge is 0.223 e. The second-order valence-corrected chi connectivity index (χ2v) is 9.84. The summed E-state index contributed by atoms with van der Waals surface area (Å²) in [6.45, 7) is 9.20. The van der Waals surface area contributed by atoms with Crippen molar-refractivity contribution in [3.8, 4) is 0 Å². The van der Waals surface area contributed by atoms with Gasteiger partial charge in [-0.25, -0.2) is 8.42 Å². The van der Waals surface area contributed by atoms with Crippen LogP contribution in [0.15, 0.2) is 0 Å². The number of carbonyl (C=O) groups excluding carboxylic acids is 1. The molecule has 6 heteroatoms. The normalized spacial score (nSPS) is 25.0. The van der Waals surface area contributed by atoms with Crippen LogP contribution in [-0.4, -0.2) is 67.9 Å². The molecule has 0 unspecified atom stereocenters. The molecule has 0 aliphatic carbocycles. The van der Waals surface area contributed by atoms with Crippen LogP contribution in [0.3, 0.4) is 0 Å². The number of likely N-dealkylation sites (tertiary alicyclic amines) is 1. The van der Waals surface area contributed by atoms with Crippen molar-refractivity contribution in [1.82, 2.24) is 9.80 Å². The molecule has 0 aromatic rings. The van der Waals surface area contributed by atoms with Gasteiger partial charge in [0.1, 0.15) is 0 Å². The molecule has 0 spiro atoms. The number of hydrogen-bond donors (Lipinski definition) is 0. The molecule has 2 aliphatic rings. The predicted octanol–water partition coefficient (Wildman–Crippen LogP) is 1.14. The summed E-state index contributed by atoms with van der Waals surface area (Å²) in [4.78, 5) is 16.5. The molecule has 0 aromatic heterocycles. The quantitative estimate of drug-likeness (QED) is 0.767. The van der Waals surface area contributed by atoms with Crippen LogP contribution < -0.4 is 0 Å². The maximum absolute atomic E-state index is 12.2. The fourth-order valence-electron chi connectivity index (χ4n) is 3.14. The van der Waals surface area contributed by atoms with Crippen LogP contribution in [0.1, 0.15) is 40.0 Å². The highest BCUT2D eigenvalue weighted by Gasteiger charge is 2.31. The first kappa shape index (κ1) is 16.7. The lowest BCUT2D eigenvalue weighted by atomic mass is 9.91. The van der Waals surface area contributed by atoms with Gasteiger partial charge < -0.3 is 4.90 Å². The number of amides is 1. The minimum absolute atomic E-state index is 0.0369.